The van der Waals surface area contributed by atoms with Gasteiger partial charge in [0.2, 0.25) is 0 Å². The van der Waals surface area contributed by atoms with Crippen LogP contribution < -0.4 is 16.2 Å². The second kappa shape index (κ2) is 19.1. The lowest BCUT2D eigenvalue weighted by Crippen LogP contribution is -2.94. The predicted octanol–water partition coefficient (Wildman–Crippen LogP) is 2.71. The molecule has 14 unspecified atom stereocenters. The first-order chi connectivity index (χ1) is 24.1. The number of ether oxygens (including phenoxy) is 1. The molecule has 5 aliphatic rings. The van der Waals surface area contributed by atoms with E-state index in [1.165, 1.54) is 19.3 Å². The molecule has 5 rings (SSSR count). The zero-order valence-electron chi connectivity index (χ0n) is 30.9. The Bertz CT molecular complexity index is 1150. The minimum absolute atomic E-state index is 0.0146. The van der Waals surface area contributed by atoms with Crippen LogP contribution in [0.15, 0.2) is 0 Å². The number of ketones is 2. The molecule has 0 radical (unpaired) electrons. The summed E-state index contributed by atoms with van der Waals surface area (Å²) in [5.74, 6) is 6.78. The molecule has 0 bridgehead atoms. The first-order valence-electron chi connectivity index (χ1n) is 20.4. The Morgan fingerprint density at radius 3 is 2.44 bits per heavy atom. The van der Waals surface area contributed by atoms with Crippen LogP contribution >= 0.6 is 0 Å². The van der Waals surface area contributed by atoms with Crippen molar-refractivity contribution in [2.45, 2.75) is 153 Å². The summed E-state index contributed by atoms with van der Waals surface area (Å²) < 4.78 is 5.69. The van der Waals surface area contributed by atoms with Crippen molar-refractivity contribution in [3.05, 3.63) is 0 Å². The standard InChI is InChI=1S/C41H67N2O7/c1-3-7-32(35(45)15-17-44)30-20-26(18-25-14-16-43-39(42)21-25)19-28-10-12-31(27-8-5-4-6-9-27)33-24-37(47)38(50-2)23-29(33)11-13-36(46)41(49)40(48)34(28)22-30/h25-35,37-39,41,43-45,47H,3-9,11,13-24,42H2,1-2H3/q-1/p+1. The van der Waals surface area contributed by atoms with Crippen LogP contribution in [0.1, 0.15) is 122 Å². The van der Waals surface area contributed by atoms with Crippen LogP contribution in [0.4, 0.5) is 0 Å². The Morgan fingerprint density at radius 1 is 0.960 bits per heavy atom. The van der Waals surface area contributed by atoms with E-state index < -0.39 is 35.8 Å². The van der Waals surface area contributed by atoms with Crippen LogP contribution in [-0.4, -0.2) is 77.7 Å². The third-order valence-corrected chi connectivity index (χ3v) is 13.8. The van der Waals surface area contributed by atoms with Gasteiger partial charge in [-0.05, 0) is 125 Å². The molecule has 1 aliphatic heterocycles. The van der Waals surface area contributed by atoms with Gasteiger partial charge in [-0.2, -0.15) is 0 Å². The van der Waals surface area contributed by atoms with Gasteiger partial charge in [0, 0.05) is 44.3 Å². The highest BCUT2D eigenvalue weighted by Gasteiger charge is 2.45. The largest absolute Gasteiger partial charge is 0.841 e. The fourth-order valence-electron chi connectivity index (χ4n) is 11.3. The summed E-state index contributed by atoms with van der Waals surface area (Å²) in [5.41, 5.74) is 6.39. The van der Waals surface area contributed by atoms with Crippen LogP contribution in [0.25, 0.3) is 0 Å². The number of hydrogen-bond donors (Lipinski definition) is 5. The Balaban J connectivity index is 1.57. The maximum Gasteiger partial charge on any atom is 0.137 e. The summed E-state index contributed by atoms with van der Waals surface area (Å²) in [4.78, 5) is 28.0. The Morgan fingerprint density at radius 2 is 1.74 bits per heavy atom. The van der Waals surface area contributed by atoms with Crippen molar-refractivity contribution in [3.63, 3.8) is 0 Å². The smallest absolute Gasteiger partial charge is 0.137 e. The van der Waals surface area contributed by atoms with Crippen molar-refractivity contribution in [3.8, 4) is 11.8 Å². The zero-order chi connectivity index (χ0) is 35.8. The lowest BCUT2D eigenvalue weighted by atomic mass is 9.63. The number of quaternary nitrogens is 1. The molecule has 284 valence electrons. The summed E-state index contributed by atoms with van der Waals surface area (Å²) in [6.07, 6.45) is 11.0. The number of nitrogens with two attached hydrogens (primary N) is 2. The SMILES string of the molecule is CCCC(C(O)CCO)C1CC(CC2CC[NH2+]C(N)C2)CC2C#CC(C3CCCCC3)C3CC(O)C(OC)CC3CCC(=O)C([O-])C(=O)C2C1. The van der Waals surface area contributed by atoms with Gasteiger partial charge in [0.05, 0.1) is 24.9 Å². The van der Waals surface area contributed by atoms with Gasteiger partial charge >= 0.3 is 0 Å². The normalized spacial score (nSPS) is 40.5. The average molecular weight is 701 g/mol. The van der Waals surface area contributed by atoms with Crippen molar-refractivity contribution in [2.75, 3.05) is 20.3 Å². The maximum absolute atomic E-state index is 14.3. The highest BCUT2D eigenvalue weighted by atomic mass is 16.5. The molecule has 9 heteroatoms. The minimum atomic E-state index is -1.93. The summed E-state index contributed by atoms with van der Waals surface area (Å²) >= 11 is 0. The predicted molar refractivity (Wildman–Crippen MR) is 190 cm³/mol. The van der Waals surface area contributed by atoms with E-state index in [2.05, 4.69) is 24.1 Å². The average Bonchev–Trinajstić information content (AvgIpc) is 3.28. The van der Waals surface area contributed by atoms with E-state index in [0.717, 1.165) is 57.9 Å². The molecule has 0 aromatic carbocycles. The fraction of sp³-hybridized carbons (Fsp3) is 0.902. The van der Waals surface area contributed by atoms with Crippen LogP contribution in [0.5, 0.6) is 0 Å². The van der Waals surface area contributed by atoms with Crippen LogP contribution in [0.2, 0.25) is 0 Å². The van der Waals surface area contributed by atoms with Crippen LogP contribution in [0, 0.1) is 71.0 Å². The Kier molecular flexibility index (Phi) is 15.2. The molecule has 3 saturated carbocycles. The van der Waals surface area contributed by atoms with E-state index in [-0.39, 0.29) is 73.1 Å². The Hall–Kier alpha value is -1.38. The number of rotatable bonds is 10. The van der Waals surface area contributed by atoms with Gasteiger partial charge in [0.15, 0.2) is 0 Å². The topological polar surface area (TPSA) is 170 Å². The van der Waals surface area contributed by atoms with Crippen LogP contribution in [0.3, 0.4) is 0 Å². The number of methoxy groups -OCH3 is 1. The molecule has 0 aromatic rings. The third-order valence-electron chi connectivity index (χ3n) is 13.8. The lowest BCUT2D eigenvalue weighted by molar-refractivity contribution is -0.699. The molecule has 50 heavy (non-hydrogen) atoms. The van der Waals surface area contributed by atoms with Gasteiger partial charge in [0.1, 0.15) is 17.7 Å². The number of aliphatic hydroxyl groups is 3. The molecule has 0 spiro atoms. The molecule has 4 aliphatic carbocycles. The van der Waals surface area contributed by atoms with Crippen molar-refractivity contribution in [2.24, 2.45) is 64.9 Å². The highest BCUT2D eigenvalue weighted by Crippen LogP contribution is 2.47. The van der Waals surface area contributed by atoms with Gasteiger partial charge in [0.25, 0.3) is 0 Å². The lowest BCUT2D eigenvalue weighted by Gasteiger charge is -2.44. The van der Waals surface area contributed by atoms with Crippen molar-refractivity contribution >= 4 is 11.6 Å². The third kappa shape index (κ3) is 9.98. The highest BCUT2D eigenvalue weighted by molar-refractivity contribution is 6.05. The van der Waals surface area contributed by atoms with E-state index in [1.54, 1.807) is 7.11 Å². The van der Waals surface area contributed by atoms with Crippen molar-refractivity contribution < 1.29 is 40.1 Å². The first kappa shape index (κ1) is 39.8. The fourth-order valence-corrected chi connectivity index (χ4v) is 11.3. The molecule has 14 atom stereocenters. The number of carbonyl (C=O) groups excluding carboxylic acids is 2. The van der Waals surface area contributed by atoms with E-state index in [1.807, 2.05) is 0 Å². The maximum atomic E-state index is 14.3. The first-order valence-corrected chi connectivity index (χ1v) is 20.4. The van der Waals surface area contributed by atoms with E-state index in [9.17, 15) is 30.0 Å². The number of fused-ring (bicyclic) bond motifs is 2. The number of Topliss-reactive ketones (excluding diaryl/α,β-unsaturated/α-hetero) is 2. The molecule has 1 saturated heterocycles. The van der Waals surface area contributed by atoms with Gasteiger partial charge in [-0.15, -0.1) is 0 Å². The Labute approximate surface area is 301 Å². The number of hydrogen-bond acceptors (Lipinski definition) is 8. The van der Waals surface area contributed by atoms with E-state index >= 15 is 0 Å². The second-order valence-corrected chi connectivity index (χ2v) is 17.1. The number of carbonyl (C=O) groups is 2. The molecular formula is C41H68N2O7. The van der Waals surface area contributed by atoms with Crippen molar-refractivity contribution in [1.29, 1.82) is 0 Å². The van der Waals surface area contributed by atoms with Crippen LogP contribution in [-0.2, 0) is 14.3 Å². The molecule has 0 aromatic heterocycles. The zero-order valence-corrected chi connectivity index (χ0v) is 30.9. The second-order valence-electron chi connectivity index (χ2n) is 17.1. The van der Waals surface area contributed by atoms with Gasteiger partial charge < -0.3 is 40.1 Å². The van der Waals surface area contributed by atoms with E-state index in [4.69, 9.17) is 10.5 Å². The van der Waals surface area contributed by atoms with Gasteiger partial charge in [-0.1, -0.05) is 44.4 Å². The number of aliphatic hydroxyl groups excluding tert-OH is 3. The molecule has 1 heterocycles. The van der Waals surface area contributed by atoms with Crippen molar-refractivity contribution in [1.82, 2.24) is 0 Å². The monoisotopic (exact) mass is 701 g/mol. The van der Waals surface area contributed by atoms with Gasteiger partial charge in [-0.25, -0.2) is 0 Å². The summed E-state index contributed by atoms with van der Waals surface area (Å²) in [6.45, 7) is 3.00. The van der Waals surface area contributed by atoms with Gasteiger partial charge in [-0.3, -0.25) is 5.73 Å². The summed E-state index contributed by atoms with van der Waals surface area (Å²) in [7, 11) is 1.63. The molecule has 4 fully saturated rings. The summed E-state index contributed by atoms with van der Waals surface area (Å²) in [6, 6.07) is 0. The molecule has 0 amide bonds. The quantitative estimate of drug-likeness (QED) is 0.171. The summed E-state index contributed by atoms with van der Waals surface area (Å²) in [5, 5.41) is 48.4. The minimum Gasteiger partial charge on any atom is -0.841 e. The molecular weight excluding hydrogens is 632 g/mol. The van der Waals surface area contributed by atoms with E-state index in [0.29, 0.717) is 43.9 Å². The molecule has 9 nitrogen and oxygen atoms in total. The molecule has 7 N–H and O–H groups in total. The number of piperidine rings is 1.